The maximum Gasteiger partial charge on any atom is 0.264 e. The summed E-state index contributed by atoms with van der Waals surface area (Å²) in [5.41, 5.74) is 0.152. The van der Waals surface area contributed by atoms with E-state index in [0.29, 0.717) is 10.7 Å². The predicted octanol–water partition coefficient (Wildman–Crippen LogP) is 3.07. The van der Waals surface area contributed by atoms with Gasteiger partial charge in [-0.2, -0.15) is 5.10 Å². The van der Waals surface area contributed by atoms with Crippen molar-refractivity contribution >= 4 is 30.0 Å². The first kappa shape index (κ1) is 16.7. The standard InChI is InChI=1S/C16H17ClN4O2S/c17-11-5-4-6-12(9-11)21-15(23)13(14(22)19-16(21)24)10-18-20-7-2-1-3-8-20/h4-6,9-10,23H,1-3,7-8H2,(H,19,22,24)/b18-10+. The molecule has 1 aromatic carbocycles. The second kappa shape index (κ2) is 7.19. The monoisotopic (exact) mass is 364 g/mol. The molecule has 1 saturated heterocycles. The maximum absolute atomic E-state index is 12.2. The third kappa shape index (κ3) is 3.52. The number of nitrogens with zero attached hydrogens (tertiary/aromatic N) is 3. The third-order valence-corrected chi connectivity index (χ3v) is 4.39. The molecule has 8 heteroatoms. The summed E-state index contributed by atoms with van der Waals surface area (Å²) < 4.78 is 1.45. The second-order valence-electron chi connectivity index (χ2n) is 5.57. The van der Waals surface area contributed by atoms with E-state index in [-0.39, 0.29) is 16.2 Å². The van der Waals surface area contributed by atoms with Gasteiger partial charge in [0.15, 0.2) is 4.77 Å². The third-order valence-electron chi connectivity index (χ3n) is 3.87. The van der Waals surface area contributed by atoms with Crippen molar-refractivity contribution in [2.45, 2.75) is 19.3 Å². The van der Waals surface area contributed by atoms with E-state index in [1.807, 2.05) is 5.01 Å². The van der Waals surface area contributed by atoms with Gasteiger partial charge in [0, 0.05) is 18.1 Å². The first-order chi connectivity index (χ1) is 11.6. The predicted molar refractivity (Wildman–Crippen MR) is 96.9 cm³/mol. The number of H-pyrrole nitrogens is 1. The van der Waals surface area contributed by atoms with Crippen LogP contribution in [0, 0.1) is 4.77 Å². The second-order valence-corrected chi connectivity index (χ2v) is 6.39. The summed E-state index contributed by atoms with van der Waals surface area (Å²) in [5.74, 6) is -0.258. The number of aromatic nitrogens is 2. The van der Waals surface area contributed by atoms with E-state index in [1.165, 1.54) is 17.2 Å². The molecule has 0 saturated carbocycles. The number of benzene rings is 1. The van der Waals surface area contributed by atoms with Crippen molar-refractivity contribution in [3.8, 4) is 11.6 Å². The van der Waals surface area contributed by atoms with Crippen LogP contribution in [0.2, 0.25) is 5.02 Å². The van der Waals surface area contributed by atoms with Crippen molar-refractivity contribution in [2.24, 2.45) is 5.10 Å². The molecule has 0 atom stereocenters. The molecule has 6 nitrogen and oxygen atoms in total. The van der Waals surface area contributed by atoms with Crippen LogP contribution < -0.4 is 5.56 Å². The van der Waals surface area contributed by atoms with Gasteiger partial charge in [-0.15, -0.1) is 0 Å². The summed E-state index contributed by atoms with van der Waals surface area (Å²) in [6.07, 6.45) is 4.73. The Morgan fingerprint density at radius 2 is 2.04 bits per heavy atom. The molecule has 1 aliphatic rings. The molecule has 0 unspecified atom stereocenters. The number of aromatic hydroxyl groups is 1. The molecule has 1 fully saturated rings. The molecule has 24 heavy (non-hydrogen) atoms. The number of nitrogens with one attached hydrogen (secondary N) is 1. The fraction of sp³-hybridized carbons (Fsp3) is 0.312. The molecule has 2 aromatic rings. The first-order valence-corrected chi connectivity index (χ1v) is 8.48. The average Bonchev–Trinajstić information content (AvgIpc) is 2.55. The average molecular weight is 365 g/mol. The van der Waals surface area contributed by atoms with Crippen molar-refractivity contribution in [1.82, 2.24) is 14.6 Å². The highest BCUT2D eigenvalue weighted by Crippen LogP contribution is 2.21. The highest BCUT2D eigenvalue weighted by molar-refractivity contribution is 7.71. The highest BCUT2D eigenvalue weighted by Gasteiger charge is 2.14. The van der Waals surface area contributed by atoms with Crippen molar-refractivity contribution in [3.05, 3.63) is 50.0 Å². The lowest BCUT2D eigenvalue weighted by Crippen LogP contribution is -2.25. The summed E-state index contributed by atoms with van der Waals surface area (Å²) in [5, 5.41) is 17.3. The van der Waals surface area contributed by atoms with Crippen molar-refractivity contribution < 1.29 is 5.11 Å². The van der Waals surface area contributed by atoms with Crippen molar-refractivity contribution in [3.63, 3.8) is 0 Å². The fourth-order valence-corrected chi connectivity index (χ4v) is 3.11. The topological polar surface area (TPSA) is 73.6 Å². The zero-order chi connectivity index (χ0) is 17.1. The van der Waals surface area contributed by atoms with E-state index in [0.717, 1.165) is 25.9 Å². The molecule has 2 heterocycles. The van der Waals surface area contributed by atoms with E-state index in [9.17, 15) is 9.90 Å². The quantitative estimate of drug-likeness (QED) is 0.648. The molecule has 0 bridgehead atoms. The van der Waals surface area contributed by atoms with Gasteiger partial charge >= 0.3 is 0 Å². The van der Waals surface area contributed by atoms with Crippen LogP contribution >= 0.6 is 23.8 Å². The van der Waals surface area contributed by atoms with Gasteiger partial charge in [0.1, 0.15) is 5.56 Å². The van der Waals surface area contributed by atoms with Crippen LogP contribution in [0.1, 0.15) is 24.8 Å². The van der Waals surface area contributed by atoms with Gasteiger partial charge in [0.05, 0.1) is 11.9 Å². The van der Waals surface area contributed by atoms with Gasteiger partial charge in [-0.1, -0.05) is 17.7 Å². The first-order valence-electron chi connectivity index (χ1n) is 7.69. The van der Waals surface area contributed by atoms with Gasteiger partial charge in [-0.3, -0.25) is 19.4 Å². The Labute approximate surface area is 149 Å². The molecule has 1 aromatic heterocycles. The van der Waals surface area contributed by atoms with Crippen LogP contribution in [-0.2, 0) is 0 Å². The van der Waals surface area contributed by atoms with Gasteiger partial charge in [0.25, 0.3) is 5.56 Å². The molecular formula is C16H17ClN4O2S. The zero-order valence-electron chi connectivity index (χ0n) is 12.9. The van der Waals surface area contributed by atoms with E-state index >= 15 is 0 Å². The molecule has 0 spiro atoms. The largest absolute Gasteiger partial charge is 0.494 e. The normalized spacial score (nSPS) is 15.1. The Morgan fingerprint density at radius 3 is 2.75 bits per heavy atom. The van der Waals surface area contributed by atoms with Gasteiger partial charge in [0.2, 0.25) is 5.88 Å². The molecule has 126 valence electrons. The lowest BCUT2D eigenvalue weighted by Gasteiger charge is -2.23. The number of hydrazone groups is 1. The molecule has 1 aliphatic heterocycles. The van der Waals surface area contributed by atoms with Crippen molar-refractivity contribution in [2.75, 3.05) is 13.1 Å². The minimum absolute atomic E-state index is 0.0640. The Bertz CT molecular complexity index is 884. The van der Waals surface area contributed by atoms with E-state index in [4.69, 9.17) is 23.8 Å². The number of aromatic amines is 1. The molecular weight excluding hydrogens is 348 g/mol. The van der Waals surface area contributed by atoms with E-state index in [2.05, 4.69) is 10.1 Å². The minimum atomic E-state index is -0.475. The minimum Gasteiger partial charge on any atom is -0.494 e. The van der Waals surface area contributed by atoms with Gasteiger partial charge in [-0.05, 0) is 49.7 Å². The SMILES string of the molecule is O=c1[nH]c(=S)n(-c2cccc(Cl)c2)c(O)c1/C=N/N1CCCCC1. The summed E-state index contributed by atoms with van der Waals surface area (Å²) >= 11 is 11.2. The Morgan fingerprint density at radius 1 is 1.29 bits per heavy atom. The van der Waals surface area contributed by atoms with E-state index < -0.39 is 5.56 Å². The lowest BCUT2D eigenvalue weighted by molar-refractivity contribution is 0.240. The van der Waals surface area contributed by atoms with E-state index in [1.54, 1.807) is 24.3 Å². The van der Waals surface area contributed by atoms with Crippen LogP contribution in [0.3, 0.4) is 0 Å². The summed E-state index contributed by atoms with van der Waals surface area (Å²) in [7, 11) is 0. The van der Waals surface area contributed by atoms with Crippen LogP contribution in [0.25, 0.3) is 5.69 Å². The summed E-state index contributed by atoms with van der Waals surface area (Å²) in [6.45, 7) is 1.70. The zero-order valence-corrected chi connectivity index (χ0v) is 14.5. The molecule has 3 rings (SSSR count). The molecule has 0 radical (unpaired) electrons. The number of hydrogen-bond donors (Lipinski definition) is 2. The number of halogens is 1. The molecule has 0 aliphatic carbocycles. The fourth-order valence-electron chi connectivity index (χ4n) is 2.64. The maximum atomic E-state index is 12.2. The lowest BCUT2D eigenvalue weighted by atomic mass is 10.2. The summed E-state index contributed by atoms with van der Waals surface area (Å²) in [6, 6.07) is 6.85. The van der Waals surface area contributed by atoms with Gasteiger partial charge < -0.3 is 5.11 Å². The summed E-state index contributed by atoms with van der Waals surface area (Å²) in [4.78, 5) is 14.7. The van der Waals surface area contributed by atoms with Crippen LogP contribution in [0.5, 0.6) is 5.88 Å². The van der Waals surface area contributed by atoms with Crippen LogP contribution in [0.4, 0.5) is 0 Å². The van der Waals surface area contributed by atoms with Crippen LogP contribution in [0.15, 0.2) is 34.2 Å². The van der Waals surface area contributed by atoms with Gasteiger partial charge in [-0.25, -0.2) is 0 Å². The number of piperidine rings is 1. The highest BCUT2D eigenvalue weighted by atomic mass is 35.5. The number of hydrogen-bond acceptors (Lipinski definition) is 5. The Balaban J connectivity index is 2.04. The smallest absolute Gasteiger partial charge is 0.264 e. The van der Waals surface area contributed by atoms with Crippen LogP contribution in [-0.4, -0.2) is 39.0 Å². The molecule has 2 N–H and O–H groups in total. The van der Waals surface area contributed by atoms with Crippen molar-refractivity contribution in [1.29, 1.82) is 0 Å². The Hall–Kier alpha value is -2.12. The Kier molecular flexibility index (Phi) is 5.01. The number of rotatable bonds is 3. The molecule has 0 amide bonds.